The summed E-state index contributed by atoms with van der Waals surface area (Å²) >= 11 is 0. The first kappa shape index (κ1) is 12.7. The molecule has 0 aromatic heterocycles. The van der Waals surface area contributed by atoms with Gasteiger partial charge in [-0.25, -0.2) is 0 Å². The molecule has 3 nitrogen and oxygen atoms in total. The summed E-state index contributed by atoms with van der Waals surface area (Å²) < 4.78 is 4.92. The summed E-state index contributed by atoms with van der Waals surface area (Å²) in [5.74, 6) is -0.108. The Morgan fingerprint density at radius 3 is 2.62 bits per heavy atom. The van der Waals surface area contributed by atoms with E-state index in [0.29, 0.717) is 6.61 Å². The molecule has 1 saturated heterocycles. The van der Waals surface area contributed by atoms with Gasteiger partial charge in [0.1, 0.15) is 6.04 Å². The summed E-state index contributed by atoms with van der Waals surface area (Å²) in [7, 11) is 0. The van der Waals surface area contributed by atoms with Gasteiger partial charge in [0.25, 0.3) is 0 Å². The Labute approximate surface area is 85.6 Å². The molecule has 1 aliphatic rings. The molecule has 13 heavy (non-hydrogen) atoms. The summed E-state index contributed by atoms with van der Waals surface area (Å²) in [4.78, 5) is 11.2. The van der Waals surface area contributed by atoms with Crippen LogP contribution in [0.15, 0.2) is 0 Å². The van der Waals surface area contributed by atoms with Crippen LogP contribution in [0, 0.1) is 5.41 Å². The van der Waals surface area contributed by atoms with E-state index in [9.17, 15) is 4.79 Å². The van der Waals surface area contributed by atoms with E-state index >= 15 is 0 Å². The van der Waals surface area contributed by atoms with Crippen molar-refractivity contribution in [3.05, 3.63) is 0 Å². The lowest BCUT2D eigenvalue weighted by molar-refractivity contribution is -0.145. The number of esters is 1. The van der Waals surface area contributed by atoms with Crippen molar-refractivity contribution >= 4 is 18.4 Å². The Balaban J connectivity index is 0.00000144. The second-order valence-electron chi connectivity index (χ2n) is 4.05. The number of halogens is 1. The largest absolute Gasteiger partial charge is 0.465 e. The highest BCUT2D eigenvalue weighted by Gasteiger charge is 2.35. The van der Waals surface area contributed by atoms with Gasteiger partial charge in [-0.3, -0.25) is 4.79 Å². The van der Waals surface area contributed by atoms with Crippen molar-refractivity contribution < 1.29 is 9.53 Å². The molecule has 78 valence electrons. The molecule has 1 rings (SSSR count). The Hall–Kier alpha value is -0.280. The molecular formula is C9H18ClNO2. The highest BCUT2D eigenvalue weighted by Crippen LogP contribution is 2.27. The molecule has 1 heterocycles. The standard InChI is InChI=1S/C9H17NO2.ClH/c1-4-12-8(11)7-5-9(2,3)6-10-7;/h7,10H,4-6H2,1-3H3;1H. The van der Waals surface area contributed by atoms with Crippen molar-refractivity contribution in [2.45, 2.75) is 33.2 Å². The molecule has 0 aromatic carbocycles. The van der Waals surface area contributed by atoms with Crippen LogP contribution in [-0.4, -0.2) is 25.2 Å². The van der Waals surface area contributed by atoms with E-state index in [-0.39, 0.29) is 29.8 Å². The number of rotatable bonds is 2. The second kappa shape index (κ2) is 4.82. The van der Waals surface area contributed by atoms with E-state index < -0.39 is 0 Å². The fourth-order valence-electron chi connectivity index (χ4n) is 1.51. The normalized spacial score (nSPS) is 25.0. The third kappa shape index (κ3) is 3.53. The average Bonchev–Trinajstić information content (AvgIpc) is 2.31. The average molecular weight is 208 g/mol. The minimum Gasteiger partial charge on any atom is -0.465 e. The van der Waals surface area contributed by atoms with Gasteiger partial charge in [-0.1, -0.05) is 13.8 Å². The van der Waals surface area contributed by atoms with Crippen LogP contribution in [0.5, 0.6) is 0 Å². The first-order valence-corrected chi connectivity index (χ1v) is 4.45. The Kier molecular flexibility index (Phi) is 4.71. The minimum atomic E-state index is -0.108. The fourth-order valence-corrected chi connectivity index (χ4v) is 1.51. The van der Waals surface area contributed by atoms with E-state index in [1.165, 1.54) is 0 Å². The summed E-state index contributed by atoms with van der Waals surface area (Å²) in [6.45, 7) is 7.50. The maximum atomic E-state index is 11.2. The van der Waals surface area contributed by atoms with Gasteiger partial charge >= 0.3 is 5.97 Å². The zero-order chi connectivity index (χ0) is 9.19. The minimum absolute atomic E-state index is 0. The van der Waals surface area contributed by atoms with E-state index in [1.807, 2.05) is 6.92 Å². The molecule has 4 heteroatoms. The SMILES string of the molecule is CCOC(=O)C1CC(C)(C)CN1.Cl. The van der Waals surface area contributed by atoms with Crippen molar-refractivity contribution in [1.29, 1.82) is 0 Å². The highest BCUT2D eigenvalue weighted by molar-refractivity contribution is 5.85. The lowest BCUT2D eigenvalue weighted by Crippen LogP contribution is -2.32. The number of ether oxygens (including phenoxy) is 1. The molecule has 0 radical (unpaired) electrons. The van der Waals surface area contributed by atoms with Crippen LogP contribution in [0.4, 0.5) is 0 Å². The molecule has 0 saturated carbocycles. The van der Waals surface area contributed by atoms with Crippen molar-refractivity contribution in [3.63, 3.8) is 0 Å². The summed E-state index contributed by atoms with van der Waals surface area (Å²) in [5, 5.41) is 3.16. The molecular weight excluding hydrogens is 190 g/mol. The Morgan fingerprint density at radius 1 is 1.62 bits per heavy atom. The summed E-state index contributed by atoms with van der Waals surface area (Å²) in [6.07, 6.45) is 0.881. The zero-order valence-corrected chi connectivity index (χ0v) is 9.24. The smallest absolute Gasteiger partial charge is 0.323 e. The molecule has 0 aliphatic carbocycles. The number of carbonyl (C=O) groups is 1. The highest BCUT2D eigenvalue weighted by atomic mass is 35.5. The van der Waals surface area contributed by atoms with Gasteiger partial charge in [0, 0.05) is 6.54 Å². The third-order valence-corrected chi connectivity index (χ3v) is 2.15. The summed E-state index contributed by atoms with van der Waals surface area (Å²) in [6, 6.07) is -0.0834. The fraction of sp³-hybridized carbons (Fsp3) is 0.889. The first-order chi connectivity index (χ1) is 5.55. The van der Waals surface area contributed by atoms with Crippen LogP contribution in [0.25, 0.3) is 0 Å². The van der Waals surface area contributed by atoms with Crippen LogP contribution < -0.4 is 5.32 Å². The Morgan fingerprint density at radius 2 is 2.23 bits per heavy atom. The van der Waals surface area contributed by atoms with Crippen molar-refractivity contribution in [3.8, 4) is 0 Å². The third-order valence-electron chi connectivity index (χ3n) is 2.15. The van der Waals surface area contributed by atoms with Crippen LogP contribution in [0.1, 0.15) is 27.2 Å². The molecule has 0 aromatic rings. The monoisotopic (exact) mass is 207 g/mol. The molecule has 0 bridgehead atoms. The van der Waals surface area contributed by atoms with Gasteiger partial charge < -0.3 is 10.1 Å². The van der Waals surface area contributed by atoms with Gasteiger partial charge in [-0.05, 0) is 18.8 Å². The maximum Gasteiger partial charge on any atom is 0.323 e. The van der Waals surface area contributed by atoms with Gasteiger partial charge in [-0.15, -0.1) is 12.4 Å². The molecule has 1 unspecified atom stereocenters. The lowest BCUT2D eigenvalue weighted by Gasteiger charge is -2.14. The van der Waals surface area contributed by atoms with Crippen molar-refractivity contribution in [2.75, 3.05) is 13.2 Å². The summed E-state index contributed by atoms with van der Waals surface area (Å²) in [5.41, 5.74) is 0.234. The van der Waals surface area contributed by atoms with Crippen LogP contribution >= 0.6 is 12.4 Å². The van der Waals surface area contributed by atoms with Gasteiger partial charge in [0.15, 0.2) is 0 Å². The number of nitrogens with one attached hydrogen (secondary N) is 1. The predicted molar refractivity (Wildman–Crippen MR) is 54.1 cm³/mol. The molecule has 1 atom stereocenters. The van der Waals surface area contributed by atoms with E-state index in [0.717, 1.165) is 13.0 Å². The maximum absolute atomic E-state index is 11.2. The van der Waals surface area contributed by atoms with Gasteiger partial charge in [0.2, 0.25) is 0 Å². The second-order valence-corrected chi connectivity index (χ2v) is 4.05. The van der Waals surface area contributed by atoms with Crippen LogP contribution in [0.3, 0.4) is 0 Å². The topological polar surface area (TPSA) is 38.3 Å². The lowest BCUT2D eigenvalue weighted by atomic mass is 9.91. The van der Waals surface area contributed by atoms with E-state index in [2.05, 4.69) is 19.2 Å². The molecule has 0 amide bonds. The van der Waals surface area contributed by atoms with E-state index in [4.69, 9.17) is 4.74 Å². The number of hydrogen-bond donors (Lipinski definition) is 1. The predicted octanol–water partition coefficient (Wildman–Crippen LogP) is 1.36. The number of carbonyl (C=O) groups excluding carboxylic acids is 1. The van der Waals surface area contributed by atoms with Gasteiger partial charge in [-0.2, -0.15) is 0 Å². The van der Waals surface area contributed by atoms with Crippen LogP contribution in [-0.2, 0) is 9.53 Å². The first-order valence-electron chi connectivity index (χ1n) is 4.45. The zero-order valence-electron chi connectivity index (χ0n) is 8.42. The molecule has 1 aliphatic heterocycles. The van der Waals surface area contributed by atoms with Gasteiger partial charge in [0.05, 0.1) is 6.61 Å². The molecule has 1 fully saturated rings. The molecule has 0 spiro atoms. The van der Waals surface area contributed by atoms with E-state index in [1.54, 1.807) is 0 Å². The van der Waals surface area contributed by atoms with Crippen molar-refractivity contribution in [2.24, 2.45) is 5.41 Å². The quantitative estimate of drug-likeness (QED) is 0.695. The Bertz CT molecular complexity index is 182. The van der Waals surface area contributed by atoms with Crippen molar-refractivity contribution in [1.82, 2.24) is 5.32 Å². The van der Waals surface area contributed by atoms with Crippen LogP contribution in [0.2, 0.25) is 0 Å². The number of hydrogen-bond acceptors (Lipinski definition) is 3. The molecule has 1 N–H and O–H groups in total.